The van der Waals surface area contributed by atoms with Gasteiger partial charge in [0.15, 0.2) is 5.41 Å². The van der Waals surface area contributed by atoms with E-state index in [0.29, 0.717) is 13.1 Å². The monoisotopic (exact) mass is 507 g/mol. The highest BCUT2D eigenvalue weighted by atomic mass is 16.5. The molecule has 9 nitrogen and oxygen atoms in total. The van der Waals surface area contributed by atoms with Crippen molar-refractivity contribution in [1.29, 1.82) is 0 Å². The molecule has 2 aromatic rings. The molecule has 2 bridgehead atoms. The molecule has 9 heteroatoms. The van der Waals surface area contributed by atoms with Gasteiger partial charge in [-0.05, 0) is 44.0 Å². The lowest BCUT2D eigenvalue weighted by atomic mass is 9.75. The summed E-state index contributed by atoms with van der Waals surface area (Å²) in [4.78, 5) is 55.9. The number of barbiturate groups is 1. The molecule has 2 saturated heterocycles. The summed E-state index contributed by atoms with van der Waals surface area (Å²) in [6, 6.07) is 12.3. The van der Waals surface area contributed by atoms with Crippen LogP contribution in [0.25, 0.3) is 0 Å². The fourth-order valence-electron chi connectivity index (χ4n) is 6.49. The highest BCUT2D eigenvalue weighted by Gasteiger charge is 2.58. The van der Waals surface area contributed by atoms with E-state index >= 15 is 0 Å². The van der Waals surface area contributed by atoms with Gasteiger partial charge >= 0.3 is 6.03 Å². The summed E-state index contributed by atoms with van der Waals surface area (Å²) >= 11 is 0. The lowest BCUT2D eigenvalue weighted by Crippen LogP contribution is -3.16. The van der Waals surface area contributed by atoms with Gasteiger partial charge in [0.1, 0.15) is 12.3 Å². The van der Waals surface area contributed by atoms with Crippen LogP contribution in [0.15, 0.2) is 47.3 Å². The Kier molecular flexibility index (Phi) is 6.43. The number of nitrogens with one attached hydrogen (secondary N) is 1. The summed E-state index contributed by atoms with van der Waals surface area (Å²) in [6.45, 7) is 6.35. The zero-order chi connectivity index (χ0) is 26.5. The molecule has 0 spiro atoms. The highest BCUT2D eigenvalue weighted by Crippen LogP contribution is 2.34. The molecular formula is C28H35N4O5+. The van der Waals surface area contributed by atoms with Crippen molar-refractivity contribution in [2.24, 2.45) is 11.3 Å². The third kappa shape index (κ3) is 4.45. The molecule has 196 valence electrons. The molecule has 1 N–H and O–H groups in total. The van der Waals surface area contributed by atoms with Crippen LogP contribution < -0.4 is 15.2 Å². The second-order valence-corrected chi connectivity index (χ2v) is 11.1. The van der Waals surface area contributed by atoms with E-state index in [0.717, 1.165) is 51.2 Å². The molecule has 4 amide bonds. The van der Waals surface area contributed by atoms with Crippen LogP contribution in [0.3, 0.4) is 0 Å². The number of urea groups is 1. The number of hydrogen-bond acceptors (Lipinski definition) is 5. The van der Waals surface area contributed by atoms with E-state index in [1.54, 1.807) is 12.1 Å². The lowest BCUT2D eigenvalue weighted by molar-refractivity contribution is -0.915. The van der Waals surface area contributed by atoms with E-state index in [2.05, 4.69) is 0 Å². The zero-order valence-corrected chi connectivity index (χ0v) is 21.9. The van der Waals surface area contributed by atoms with E-state index in [4.69, 9.17) is 4.74 Å². The number of hydrogen-bond donors (Lipinski definition) is 1. The summed E-state index contributed by atoms with van der Waals surface area (Å²) in [5, 5.41) is 0. The predicted octanol–water partition coefficient (Wildman–Crippen LogP) is 0.917. The quantitative estimate of drug-likeness (QED) is 0.587. The third-order valence-corrected chi connectivity index (χ3v) is 8.03. The molecule has 0 saturated carbocycles. The molecular weight excluding hydrogens is 472 g/mol. The number of quaternary nitrogens is 1. The van der Waals surface area contributed by atoms with Gasteiger partial charge in [0.05, 0.1) is 19.2 Å². The maximum Gasteiger partial charge on any atom is 0.332 e. The van der Waals surface area contributed by atoms with Crippen molar-refractivity contribution in [2.45, 2.75) is 45.3 Å². The van der Waals surface area contributed by atoms with E-state index in [9.17, 15) is 19.2 Å². The Bertz CT molecular complexity index is 1260. The number of aromatic nitrogens is 1. The number of rotatable bonds is 6. The minimum absolute atomic E-state index is 0.0245. The summed E-state index contributed by atoms with van der Waals surface area (Å²) in [7, 11) is 2.90. The summed E-state index contributed by atoms with van der Waals surface area (Å²) in [5.41, 5.74) is 0.495. The highest BCUT2D eigenvalue weighted by molar-refractivity contribution is 6.19. The molecule has 1 aromatic heterocycles. The van der Waals surface area contributed by atoms with Crippen LogP contribution >= 0.6 is 0 Å². The molecule has 0 radical (unpaired) electrons. The Morgan fingerprint density at radius 3 is 2.30 bits per heavy atom. The minimum atomic E-state index is -1.39. The smallest absolute Gasteiger partial charge is 0.332 e. The van der Waals surface area contributed by atoms with E-state index in [1.165, 1.54) is 14.1 Å². The van der Waals surface area contributed by atoms with E-state index < -0.39 is 23.3 Å². The Labute approximate surface area is 216 Å². The van der Waals surface area contributed by atoms with Crippen molar-refractivity contribution < 1.29 is 24.0 Å². The van der Waals surface area contributed by atoms with Crippen molar-refractivity contribution in [2.75, 3.05) is 33.7 Å². The Morgan fingerprint density at radius 1 is 0.973 bits per heavy atom. The number of amides is 4. The molecule has 3 aliphatic rings. The standard InChI is InChI=1S/C28H34N4O5/c1-18(2)37-22-10-8-19(9-11-22)13-28(25(34)29(3)27(36)30(4)26(28)35)17-31-14-20-12-21(16-31)23-6-5-7-24(33)32(23)15-20/h5-11,18,20-21H,12-17H2,1-4H3/p+1/t20-,21-/m1/s1. The SMILES string of the molecule is CC(C)Oc1ccc(CC2(C[NH+]3C[C@H]4C[C@H](C3)c3cccc(=O)n3C4)C(=O)N(C)C(=O)N(C)C2=O)cc1. The number of piperidine rings is 1. The second kappa shape index (κ2) is 9.45. The van der Waals surface area contributed by atoms with Gasteiger partial charge in [0, 0.05) is 50.7 Å². The number of benzene rings is 1. The molecule has 3 atom stereocenters. The van der Waals surface area contributed by atoms with Crippen LogP contribution in [0.5, 0.6) is 5.75 Å². The first-order valence-corrected chi connectivity index (χ1v) is 13.0. The van der Waals surface area contributed by atoms with Gasteiger partial charge in [0.2, 0.25) is 0 Å². The van der Waals surface area contributed by atoms with Gasteiger partial charge in [-0.1, -0.05) is 18.2 Å². The first-order chi connectivity index (χ1) is 17.6. The summed E-state index contributed by atoms with van der Waals surface area (Å²) < 4.78 is 7.63. The fraction of sp³-hybridized carbons (Fsp3) is 0.500. The summed E-state index contributed by atoms with van der Waals surface area (Å²) in [5.74, 6) is 0.288. The van der Waals surface area contributed by atoms with Crippen LogP contribution in [0.4, 0.5) is 4.79 Å². The molecule has 3 aliphatic heterocycles. The van der Waals surface area contributed by atoms with Crippen molar-refractivity contribution in [3.8, 4) is 5.75 Å². The Morgan fingerprint density at radius 2 is 1.65 bits per heavy atom. The lowest BCUT2D eigenvalue weighted by Gasteiger charge is -2.46. The number of imide groups is 2. The normalized spacial score (nSPS) is 24.9. The number of ether oxygens (including phenoxy) is 1. The zero-order valence-electron chi connectivity index (χ0n) is 21.9. The number of carbonyl (C=O) groups is 3. The first kappa shape index (κ1) is 25.2. The second-order valence-electron chi connectivity index (χ2n) is 11.1. The predicted molar refractivity (Wildman–Crippen MR) is 136 cm³/mol. The molecule has 1 aromatic carbocycles. The topological polar surface area (TPSA) is 93.4 Å². The van der Waals surface area contributed by atoms with Crippen molar-refractivity contribution in [1.82, 2.24) is 14.4 Å². The number of carbonyl (C=O) groups excluding carboxylic acids is 3. The van der Waals surface area contributed by atoms with Gasteiger partial charge in [-0.25, -0.2) is 4.79 Å². The number of fused-ring (bicyclic) bond motifs is 4. The molecule has 2 fully saturated rings. The Hall–Kier alpha value is -3.46. The Balaban J connectivity index is 1.47. The van der Waals surface area contributed by atoms with Crippen molar-refractivity contribution in [3.05, 3.63) is 64.1 Å². The minimum Gasteiger partial charge on any atom is -0.491 e. The van der Waals surface area contributed by atoms with Gasteiger partial charge in [-0.3, -0.25) is 24.2 Å². The molecule has 5 rings (SSSR count). The number of nitrogens with zero attached hydrogens (tertiary/aromatic N) is 3. The molecule has 1 unspecified atom stereocenters. The number of pyridine rings is 1. The van der Waals surface area contributed by atoms with Crippen LogP contribution in [0, 0.1) is 11.3 Å². The fourth-order valence-corrected chi connectivity index (χ4v) is 6.49. The van der Waals surface area contributed by atoms with Crippen LogP contribution in [0.1, 0.15) is 37.4 Å². The van der Waals surface area contributed by atoms with Gasteiger partial charge in [0.25, 0.3) is 17.4 Å². The van der Waals surface area contributed by atoms with Crippen molar-refractivity contribution in [3.63, 3.8) is 0 Å². The maximum atomic E-state index is 13.8. The van der Waals surface area contributed by atoms with Crippen molar-refractivity contribution >= 4 is 17.8 Å². The van der Waals surface area contributed by atoms with E-state index in [1.807, 2.05) is 48.7 Å². The van der Waals surface area contributed by atoms with Gasteiger partial charge in [-0.2, -0.15) is 0 Å². The average Bonchev–Trinajstić information content (AvgIpc) is 2.87. The molecule has 0 aliphatic carbocycles. The number of likely N-dealkylation sites (tertiary alicyclic amines) is 1. The maximum absolute atomic E-state index is 13.8. The summed E-state index contributed by atoms with van der Waals surface area (Å²) in [6.07, 6.45) is 1.23. The van der Waals surface area contributed by atoms with Gasteiger partial charge < -0.3 is 14.2 Å². The van der Waals surface area contributed by atoms with Gasteiger partial charge in [-0.15, -0.1) is 0 Å². The first-order valence-electron chi connectivity index (χ1n) is 13.0. The average molecular weight is 508 g/mol. The molecule has 4 heterocycles. The van der Waals surface area contributed by atoms with E-state index in [-0.39, 0.29) is 29.9 Å². The largest absolute Gasteiger partial charge is 0.491 e. The third-order valence-electron chi connectivity index (χ3n) is 8.03. The molecule has 37 heavy (non-hydrogen) atoms. The van der Waals surface area contributed by atoms with Crippen LogP contribution in [0.2, 0.25) is 0 Å². The van der Waals surface area contributed by atoms with Crippen LogP contribution in [-0.4, -0.2) is 72.0 Å². The van der Waals surface area contributed by atoms with Crippen LogP contribution in [-0.2, 0) is 22.6 Å².